The lowest BCUT2D eigenvalue weighted by Crippen LogP contribution is -2.20. The number of fused-ring (bicyclic) bond motifs is 1. The van der Waals surface area contributed by atoms with Crippen LogP contribution in [0.15, 0.2) is 66.7 Å². The number of rotatable bonds is 8. The first-order chi connectivity index (χ1) is 15.8. The molecular weight excluding hydrogens is 396 g/mol. The third-order valence-electron chi connectivity index (χ3n) is 6.31. The van der Waals surface area contributed by atoms with Gasteiger partial charge in [-0.2, -0.15) is 5.10 Å². The predicted octanol–water partition coefficient (Wildman–Crippen LogP) is 5.02. The predicted molar refractivity (Wildman–Crippen MR) is 128 cm³/mol. The van der Waals surface area contributed by atoms with Gasteiger partial charge in [-0.25, -0.2) is 9.50 Å². The quantitative estimate of drug-likeness (QED) is 0.397. The summed E-state index contributed by atoms with van der Waals surface area (Å²) in [6.07, 6.45) is 5.86. The summed E-state index contributed by atoms with van der Waals surface area (Å²) in [4.78, 5) is 7.35. The van der Waals surface area contributed by atoms with Crippen molar-refractivity contribution < 1.29 is 4.74 Å². The normalized spacial score (nSPS) is 14.3. The number of likely N-dealkylation sites (tertiary alicyclic amines) is 1. The Morgan fingerprint density at radius 1 is 0.875 bits per heavy atom. The summed E-state index contributed by atoms with van der Waals surface area (Å²) in [6.45, 7) is 3.79. The Bertz CT molecular complexity index is 1160. The summed E-state index contributed by atoms with van der Waals surface area (Å²) in [5, 5.41) is 4.81. The van der Waals surface area contributed by atoms with E-state index in [0.717, 1.165) is 41.3 Å². The van der Waals surface area contributed by atoms with E-state index >= 15 is 0 Å². The van der Waals surface area contributed by atoms with Crippen LogP contribution in [0.1, 0.15) is 36.2 Å². The van der Waals surface area contributed by atoms with E-state index < -0.39 is 0 Å². The molecule has 0 spiro atoms. The van der Waals surface area contributed by atoms with Gasteiger partial charge in [-0.1, -0.05) is 30.3 Å². The molecule has 32 heavy (non-hydrogen) atoms. The van der Waals surface area contributed by atoms with Crippen LogP contribution in [0.4, 0.5) is 0 Å². The average molecular weight is 427 g/mol. The van der Waals surface area contributed by atoms with Crippen molar-refractivity contribution in [3.8, 4) is 17.0 Å². The van der Waals surface area contributed by atoms with E-state index in [0.29, 0.717) is 0 Å². The lowest BCUT2D eigenvalue weighted by molar-refractivity contribution is 0.334. The first kappa shape index (κ1) is 20.7. The van der Waals surface area contributed by atoms with Crippen LogP contribution in [0.25, 0.3) is 16.9 Å². The molecule has 5 heteroatoms. The SMILES string of the molecule is COc1ccc(-c2cccc3nc(Cc4ccc(CCCN5CCCC5)cc4)nn23)cc1. The van der Waals surface area contributed by atoms with Gasteiger partial charge in [0.2, 0.25) is 0 Å². The summed E-state index contributed by atoms with van der Waals surface area (Å²) in [5.41, 5.74) is 5.64. The van der Waals surface area contributed by atoms with Gasteiger partial charge >= 0.3 is 0 Å². The van der Waals surface area contributed by atoms with Gasteiger partial charge in [0.25, 0.3) is 0 Å². The van der Waals surface area contributed by atoms with Crippen LogP contribution in [-0.4, -0.2) is 46.2 Å². The first-order valence-corrected chi connectivity index (χ1v) is 11.6. The fourth-order valence-electron chi connectivity index (χ4n) is 4.52. The summed E-state index contributed by atoms with van der Waals surface area (Å²) in [6, 6.07) is 23.1. The van der Waals surface area contributed by atoms with E-state index in [1.54, 1.807) is 7.11 Å². The molecule has 5 rings (SSSR count). The summed E-state index contributed by atoms with van der Waals surface area (Å²) in [5.74, 6) is 1.69. The summed E-state index contributed by atoms with van der Waals surface area (Å²) in [7, 11) is 1.68. The monoisotopic (exact) mass is 426 g/mol. The number of pyridine rings is 1. The second-order valence-electron chi connectivity index (χ2n) is 8.58. The molecule has 0 unspecified atom stereocenters. The van der Waals surface area contributed by atoms with Crippen LogP contribution >= 0.6 is 0 Å². The Kier molecular flexibility index (Phi) is 6.17. The second kappa shape index (κ2) is 9.53. The maximum absolute atomic E-state index is 5.28. The van der Waals surface area contributed by atoms with Gasteiger partial charge in [0.05, 0.1) is 12.8 Å². The van der Waals surface area contributed by atoms with Crippen LogP contribution < -0.4 is 4.74 Å². The number of ether oxygens (including phenoxy) is 1. The van der Waals surface area contributed by atoms with E-state index in [-0.39, 0.29) is 0 Å². The number of aryl methyl sites for hydroxylation is 1. The molecule has 0 saturated carbocycles. The zero-order valence-electron chi connectivity index (χ0n) is 18.7. The first-order valence-electron chi connectivity index (χ1n) is 11.6. The molecule has 1 aliphatic heterocycles. The van der Waals surface area contributed by atoms with Crippen LogP contribution in [0.3, 0.4) is 0 Å². The topological polar surface area (TPSA) is 42.7 Å². The Morgan fingerprint density at radius 3 is 2.38 bits per heavy atom. The van der Waals surface area contributed by atoms with Crippen molar-refractivity contribution in [3.63, 3.8) is 0 Å². The third kappa shape index (κ3) is 4.68. The zero-order valence-corrected chi connectivity index (χ0v) is 18.7. The molecule has 164 valence electrons. The van der Waals surface area contributed by atoms with Gasteiger partial charge in [-0.05, 0) is 92.8 Å². The fourth-order valence-corrected chi connectivity index (χ4v) is 4.52. The number of hydrogen-bond acceptors (Lipinski definition) is 4. The minimum atomic E-state index is 0.734. The summed E-state index contributed by atoms with van der Waals surface area (Å²) >= 11 is 0. The highest BCUT2D eigenvalue weighted by Gasteiger charge is 2.11. The number of nitrogens with zero attached hydrogens (tertiary/aromatic N) is 4. The van der Waals surface area contributed by atoms with Gasteiger partial charge in [0.15, 0.2) is 11.5 Å². The molecule has 3 heterocycles. The van der Waals surface area contributed by atoms with Crippen molar-refractivity contribution in [2.45, 2.75) is 32.1 Å². The van der Waals surface area contributed by atoms with Crippen molar-refractivity contribution in [3.05, 3.63) is 83.7 Å². The Morgan fingerprint density at radius 2 is 1.62 bits per heavy atom. The maximum atomic E-state index is 5.28. The molecule has 4 aromatic rings. The van der Waals surface area contributed by atoms with E-state index in [2.05, 4.69) is 47.4 Å². The minimum absolute atomic E-state index is 0.734. The molecule has 0 bridgehead atoms. The van der Waals surface area contributed by atoms with Crippen LogP contribution in [0.5, 0.6) is 5.75 Å². The van der Waals surface area contributed by atoms with E-state index in [4.69, 9.17) is 14.8 Å². The van der Waals surface area contributed by atoms with Gasteiger partial charge < -0.3 is 9.64 Å². The van der Waals surface area contributed by atoms with Crippen molar-refractivity contribution in [2.75, 3.05) is 26.7 Å². The number of methoxy groups -OCH3 is 1. The van der Waals surface area contributed by atoms with Crippen molar-refractivity contribution in [1.29, 1.82) is 0 Å². The van der Waals surface area contributed by atoms with E-state index in [1.807, 2.05) is 28.8 Å². The van der Waals surface area contributed by atoms with Gasteiger partial charge in [0, 0.05) is 12.0 Å². The Hall–Kier alpha value is -3.18. The van der Waals surface area contributed by atoms with E-state index in [9.17, 15) is 0 Å². The van der Waals surface area contributed by atoms with Crippen LogP contribution in [0, 0.1) is 0 Å². The largest absolute Gasteiger partial charge is 0.497 e. The number of benzene rings is 2. The highest BCUT2D eigenvalue weighted by atomic mass is 16.5. The molecule has 1 fully saturated rings. The third-order valence-corrected chi connectivity index (χ3v) is 6.31. The lowest BCUT2D eigenvalue weighted by atomic mass is 10.1. The molecule has 2 aromatic heterocycles. The highest BCUT2D eigenvalue weighted by Crippen LogP contribution is 2.23. The molecule has 1 aliphatic rings. The molecule has 0 atom stereocenters. The van der Waals surface area contributed by atoms with E-state index in [1.165, 1.54) is 50.0 Å². The Labute approximate surface area is 189 Å². The average Bonchev–Trinajstić information content (AvgIpc) is 3.49. The van der Waals surface area contributed by atoms with Gasteiger partial charge in [-0.15, -0.1) is 0 Å². The van der Waals surface area contributed by atoms with Crippen LogP contribution in [-0.2, 0) is 12.8 Å². The molecule has 5 nitrogen and oxygen atoms in total. The zero-order chi connectivity index (χ0) is 21.8. The second-order valence-corrected chi connectivity index (χ2v) is 8.58. The smallest absolute Gasteiger partial charge is 0.156 e. The number of hydrogen-bond donors (Lipinski definition) is 0. The molecule has 1 saturated heterocycles. The Balaban J connectivity index is 1.26. The molecule has 2 aromatic carbocycles. The molecule has 0 amide bonds. The highest BCUT2D eigenvalue weighted by molar-refractivity contribution is 5.63. The van der Waals surface area contributed by atoms with Gasteiger partial charge in [0.1, 0.15) is 5.75 Å². The lowest BCUT2D eigenvalue weighted by Gasteiger charge is -2.13. The maximum Gasteiger partial charge on any atom is 0.156 e. The van der Waals surface area contributed by atoms with Crippen molar-refractivity contribution in [1.82, 2.24) is 19.5 Å². The van der Waals surface area contributed by atoms with Crippen molar-refractivity contribution in [2.24, 2.45) is 0 Å². The fraction of sp³-hybridized carbons (Fsp3) is 0.333. The van der Waals surface area contributed by atoms with Crippen molar-refractivity contribution >= 4 is 5.65 Å². The minimum Gasteiger partial charge on any atom is -0.497 e. The van der Waals surface area contributed by atoms with Gasteiger partial charge in [-0.3, -0.25) is 0 Å². The van der Waals surface area contributed by atoms with Crippen LogP contribution in [0.2, 0.25) is 0 Å². The standard InChI is InChI=1S/C27H30N4O/c1-32-24-15-13-23(14-16-24)25-7-4-8-27-28-26(29-31(25)27)20-22-11-9-21(10-12-22)6-5-19-30-17-2-3-18-30/h4,7-16H,2-3,5-6,17-20H2,1H3. The molecule has 0 aliphatic carbocycles. The molecule has 0 N–H and O–H groups in total. The molecular formula is C27H30N4O. The number of aromatic nitrogens is 3. The summed E-state index contributed by atoms with van der Waals surface area (Å²) < 4.78 is 7.21. The molecule has 0 radical (unpaired) electrons.